The molecule has 1 fully saturated rings. The van der Waals surface area contributed by atoms with Gasteiger partial charge in [-0.1, -0.05) is 13.3 Å². The van der Waals surface area contributed by atoms with Crippen LogP contribution in [0.3, 0.4) is 0 Å². The number of carbonyl (C=O) groups is 2. The molecule has 1 aliphatic rings. The van der Waals surface area contributed by atoms with Crippen molar-refractivity contribution in [1.82, 2.24) is 9.80 Å². The topological polar surface area (TPSA) is 88.5 Å². The molecule has 3 rings (SSSR count). The minimum absolute atomic E-state index is 0.0249. The van der Waals surface area contributed by atoms with E-state index in [4.69, 9.17) is 14.2 Å². The van der Waals surface area contributed by atoms with Crippen molar-refractivity contribution in [2.75, 3.05) is 48.0 Å². The molecule has 0 saturated carbocycles. The Kier molecular flexibility index (Phi) is 8.76. The zero-order chi connectivity index (χ0) is 25.5. The van der Waals surface area contributed by atoms with Gasteiger partial charge in [0, 0.05) is 30.3 Å². The van der Waals surface area contributed by atoms with Crippen LogP contribution in [0.4, 0.5) is 0 Å². The predicted octanol–water partition coefficient (Wildman–Crippen LogP) is 3.87. The van der Waals surface area contributed by atoms with Gasteiger partial charge in [-0.2, -0.15) is 0 Å². The molecule has 0 aromatic heterocycles. The van der Waals surface area contributed by atoms with Gasteiger partial charge in [0.05, 0.1) is 32.4 Å². The van der Waals surface area contributed by atoms with Crippen LogP contribution in [0.15, 0.2) is 48.0 Å². The third-order valence-electron chi connectivity index (χ3n) is 5.96. The maximum atomic E-state index is 13.2. The summed E-state index contributed by atoms with van der Waals surface area (Å²) in [6.07, 6.45) is 1.98. The van der Waals surface area contributed by atoms with Crippen molar-refractivity contribution in [2.24, 2.45) is 0 Å². The normalized spacial score (nSPS) is 17.2. The first-order chi connectivity index (χ1) is 16.8. The number of unbranched alkanes of at least 4 members (excludes halogenated alkanes) is 1. The number of nitrogens with zero attached hydrogens (tertiary/aromatic N) is 2. The number of amides is 1. The third kappa shape index (κ3) is 5.77. The fourth-order valence-electron chi connectivity index (χ4n) is 3.98. The van der Waals surface area contributed by atoms with Crippen LogP contribution < -0.4 is 14.2 Å². The Balaban J connectivity index is 2.09. The number of hydrogen-bond donors (Lipinski definition) is 1. The Hall–Kier alpha value is -3.52. The lowest BCUT2D eigenvalue weighted by atomic mass is 9.94. The van der Waals surface area contributed by atoms with E-state index in [0.717, 1.165) is 12.8 Å². The van der Waals surface area contributed by atoms with Crippen LogP contribution >= 0.6 is 0 Å². The fraction of sp³-hybridized carbons (Fsp3) is 0.407. The number of aliphatic hydroxyl groups excluding tert-OH is 1. The minimum atomic E-state index is -0.809. The highest BCUT2D eigenvalue weighted by atomic mass is 16.5. The van der Waals surface area contributed by atoms with Crippen molar-refractivity contribution >= 4 is 17.4 Å². The van der Waals surface area contributed by atoms with E-state index < -0.39 is 17.7 Å². The van der Waals surface area contributed by atoms with Crippen molar-refractivity contribution in [3.63, 3.8) is 0 Å². The average Bonchev–Trinajstić information content (AvgIpc) is 3.11. The Morgan fingerprint density at radius 2 is 1.71 bits per heavy atom. The Bertz CT molecular complexity index is 1080. The SMILES string of the molecule is CCCCOc1ccc(C(O)=C2C(=O)C(=O)N(CCN(C)C)[C@@H]2c2ccc(OC)cc2OC)cc1. The lowest BCUT2D eigenvalue weighted by Gasteiger charge is -2.27. The summed E-state index contributed by atoms with van der Waals surface area (Å²) in [6, 6.07) is 11.3. The Morgan fingerprint density at radius 1 is 1.03 bits per heavy atom. The van der Waals surface area contributed by atoms with Gasteiger partial charge >= 0.3 is 0 Å². The van der Waals surface area contributed by atoms with E-state index in [1.165, 1.54) is 12.0 Å². The number of likely N-dealkylation sites (tertiary alicyclic amines) is 1. The number of methoxy groups -OCH3 is 2. The summed E-state index contributed by atoms with van der Waals surface area (Å²) in [5, 5.41) is 11.3. The van der Waals surface area contributed by atoms with Crippen LogP contribution in [0, 0.1) is 0 Å². The predicted molar refractivity (Wildman–Crippen MR) is 134 cm³/mol. The molecule has 1 heterocycles. The van der Waals surface area contributed by atoms with Gasteiger partial charge in [-0.25, -0.2) is 0 Å². The van der Waals surface area contributed by atoms with Crippen molar-refractivity contribution in [2.45, 2.75) is 25.8 Å². The van der Waals surface area contributed by atoms with Crippen molar-refractivity contribution in [3.05, 3.63) is 59.2 Å². The van der Waals surface area contributed by atoms with Crippen LogP contribution in [0.2, 0.25) is 0 Å². The number of hydrogen-bond acceptors (Lipinski definition) is 7. The largest absolute Gasteiger partial charge is 0.507 e. The summed E-state index contributed by atoms with van der Waals surface area (Å²) in [5.74, 6) is 0.0860. The second-order valence-corrected chi connectivity index (χ2v) is 8.63. The van der Waals surface area contributed by atoms with Gasteiger partial charge in [0.15, 0.2) is 0 Å². The molecular formula is C27H34N2O6. The zero-order valence-corrected chi connectivity index (χ0v) is 21.0. The number of aliphatic hydroxyl groups is 1. The summed E-state index contributed by atoms with van der Waals surface area (Å²) in [4.78, 5) is 29.7. The number of ketones is 1. The standard InChI is InChI=1S/C27H34N2O6/c1-6-7-16-35-19-10-8-18(9-11-19)25(30)23-24(21-13-12-20(33-4)17-22(21)34-5)29(15-14-28(2)3)27(32)26(23)31/h8-13,17,24,30H,6-7,14-16H2,1-5H3/t24-/m1/s1. The van der Waals surface area contributed by atoms with Gasteiger partial charge in [0.1, 0.15) is 23.0 Å². The fourth-order valence-corrected chi connectivity index (χ4v) is 3.98. The van der Waals surface area contributed by atoms with Crippen LogP contribution in [0.1, 0.15) is 36.9 Å². The summed E-state index contributed by atoms with van der Waals surface area (Å²) >= 11 is 0. The molecule has 1 atom stereocenters. The van der Waals surface area contributed by atoms with E-state index in [1.807, 2.05) is 19.0 Å². The van der Waals surface area contributed by atoms with E-state index in [0.29, 0.717) is 48.1 Å². The molecule has 1 saturated heterocycles. The molecule has 1 amide bonds. The first-order valence-corrected chi connectivity index (χ1v) is 11.7. The Morgan fingerprint density at radius 3 is 2.31 bits per heavy atom. The van der Waals surface area contributed by atoms with Gasteiger partial charge < -0.3 is 29.1 Å². The van der Waals surface area contributed by atoms with E-state index >= 15 is 0 Å². The summed E-state index contributed by atoms with van der Waals surface area (Å²) in [5.41, 5.74) is 1.04. The molecule has 2 aromatic rings. The Labute approximate surface area is 206 Å². The van der Waals surface area contributed by atoms with E-state index in [1.54, 1.807) is 49.6 Å². The average molecular weight is 483 g/mol. The number of Topliss-reactive ketones (excluding diaryl/α,β-unsaturated/α-hetero) is 1. The number of benzene rings is 2. The quantitative estimate of drug-likeness (QED) is 0.225. The lowest BCUT2D eigenvalue weighted by molar-refractivity contribution is -0.140. The van der Waals surface area contributed by atoms with Crippen LogP contribution in [0.5, 0.6) is 17.2 Å². The molecule has 0 radical (unpaired) electrons. The third-order valence-corrected chi connectivity index (χ3v) is 5.96. The van der Waals surface area contributed by atoms with Gasteiger partial charge in [-0.05, 0) is 56.9 Å². The molecule has 2 aromatic carbocycles. The number of carbonyl (C=O) groups excluding carboxylic acids is 2. The molecule has 8 nitrogen and oxygen atoms in total. The van der Waals surface area contributed by atoms with E-state index in [2.05, 4.69) is 6.92 Å². The molecule has 0 aliphatic carbocycles. The van der Waals surface area contributed by atoms with Gasteiger partial charge in [0.2, 0.25) is 0 Å². The minimum Gasteiger partial charge on any atom is -0.507 e. The summed E-state index contributed by atoms with van der Waals surface area (Å²) in [6.45, 7) is 3.55. The molecule has 0 bridgehead atoms. The molecule has 1 N–H and O–H groups in total. The van der Waals surface area contributed by atoms with Gasteiger partial charge in [0.25, 0.3) is 11.7 Å². The lowest BCUT2D eigenvalue weighted by Crippen LogP contribution is -2.35. The van der Waals surface area contributed by atoms with E-state index in [-0.39, 0.29) is 11.3 Å². The molecule has 35 heavy (non-hydrogen) atoms. The molecule has 8 heteroatoms. The smallest absolute Gasteiger partial charge is 0.295 e. The highest BCUT2D eigenvalue weighted by molar-refractivity contribution is 6.46. The number of ether oxygens (including phenoxy) is 3. The van der Waals surface area contributed by atoms with Crippen LogP contribution in [-0.4, -0.2) is 74.6 Å². The molecular weight excluding hydrogens is 448 g/mol. The molecule has 188 valence electrons. The number of likely N-dealkylation sites (N-methyl/N-ethyl adjacent to an activating group) is 1. The van der Waals surface area contributed by atoms with Crippen molar-refractivity contribution in [3.8, 4) is 17.2 Å². The monoisotopic (exact) mass is 482 g/mol. The summed E-state index contributed by atoms with van der Waals surface area (Å²) < 4.78 is 16.6. The molecule has 0 spiro atoms. The van der Waals surface area contributed by atoms with Crippen LogP contribution in [-0.2, 0) is 9.59 Å². The first kappa shape index (κ1) is 26.1. The van der Waals surface area contributed by atoms with Crippen molar-refractivity contribution in [1.29, 1.82) is 0 Å². The van der Waals surface area contributed by atoms with Crippen molar-refractivity contribution < 1.29 is 28.9 Å². The molecule has 0 unspecified atom stereocenters. The second-order valence-electron chi connectivity index (χ2n) is 8.63. The van der Waals surface area contributed by atoms with Gasteiger partial charge in [-0.15, -0.1) is 0 Å². The number of rotatable bonds is 11. The molecule has 1 aliphatic heterocycles. The maximum absolute atomic E-state index is 13.2. The summed E-state index contributed by atoms with van der Waals surface area (Å²) in [7, 11) is 6.85. The highest BCUT2D eigenvalue weighted by Crippen LogP contribution is 2.43. The first-order valence-electron chi connectivity index (χ1n) is 11.7. The zero-order valence-electron chi connectivity index (χ0n) is 21.0. The highest BCUT2D eigenvalue weighted by Gasteiger charge is 2.47. The van der Waals surface area contributed by atoms with E-state index in [9.17, 15) is 14.7 Å². The van der Waals surface area contributed by atoms with Gasteiger partial charge in [-0.3, -0.25) is 9.59 Å². The maximum Gasteiger partial charge on any atom is 0.295 e. The second kappa shape index (κ2) is 11.8. The van der Waals surface area contributed by atoms with Crippen LogP contribution in [0.25, 0.3) is 5.76 Å².